The molecule has 4 nitrogen and oxygen atoms in total. The van der Waals surface area contributed by atoms with Crippen LogP contribution in [0.1, 0.15) is 17.3 Å². The van der Waals surface area contributed by atoms with Crippen LogP contribution in [-0.2, 0) is 11.1 Å². The van der Waals surface area contributed by atoms with Gasteiger partial charge in [-0.1, -0.05) is 6.07 Å². The first-order chi connectivity index (χ1) is 7.06. The molecule has 0 aliphatic rings. The van der Waals surface area contributed by atoms with Gasteiger partial charge in [-0.2, -0.15) is 0 Å². The van der Waals surface area contributed by atoms with Gasteiger partial charge < -0.3 is 9.45 Å². The summed E-state index contributed by atoms with van der Waals surface area (Å²) in [5.41, 5.74) is 0.430. The van der Waals surface area contributed by atoms with Crippen molar-refractivity contribution in [1.82, 2.24) is 4.90 Å². The zero-order valence-electron chi connectivity index (χ0n) is 8.64. The maximum atomic E-state index is 11.7. The van der Waals surface area contributed by atoms with Gasteiger partial charge in [0.25, 0.3) is 5.91 Å². The Morgan fingerprint density at radius 2 is 2.20 bits per heavy atom. The molecule has 5 heteroatoms. The van der Waals surface area contributed by atoms with E-state index in [1.165, 1.54) is 12.1 Å². The maximum Gasteiger partial charge on any atom is 0.253 e. The Morgan fingerprint density at radius 1 is 1.53 bits per heavy atom. The van der Waals surface area contributed by atoms with Gasteiger partial charge >= 0.3 is 0 Å². The van der Waals surface area contributed by atoms with Crippen molar-refractivity contribution in [2.24, 2.45) is 0 Å². The number of hydrogen-bond acceptors (Lipinski definition) is 2. The standard InChI is InChI=1S/C10H13NO3S/c1-3-11(2)10(12)8-5-4-6-9(7-8)15(13)14/h4-7H,3H2,1-2H3,(H,13,14). The summed E-state index contributed by atoms with van der Waals surface area (Å²) in [4.78, 5) is 13.5. The van der Waals surface area contributed by atoms with Crippen LogP contribution in [0.25, 0.3) is 0 Å². The number of carbonyl (C=O) groups is 1. The molecule has 0 radical (unpaired) electrons. The maximum absolute atomic E-state index is 11.7. The Morgan fingerprint density at radius 3 is 2.73 bits per heavy atom. The summed E-state index contributed by atoms with van der Waals surface area (Å²) in [6, 6.07) is 6.18. The van der Waals surface area contributed by atoms with Crippen LogP contribution in [-0.4, -0.2) is 33.2 Å². The van der Waals surface area contributed by atoms with Crippen molar-refractivity contribution < 1.29 is 13.6 Å². The number of benzene rings is 1. The normalized spacial score (nSPS) is 12.2. The van der Waals surface area contributed by atoms with Crippen LogP contribution >= 0.6 is 0 Å². The molecule has 0 heterocycles. The average molecular weight is 227 g/mol. The van der Waals surface area contributed by atoms with E-state index in [2.05, 4.69) is 0 Å². The van der Waals surface area contributed by atoms with Crippen molar-refractivity contribution in [3.05, 3.63) is 29.8 Å². The lowest BCUT2D eigenvalue weighted by molar-refractivity contribution is 0.0802. The summed E-state index contributed by atoms with van der Waals surface area (Å²) in [5, 5.41) is 0. The third kappa shape index (κ3) is 2.87. The first-order valence-corrected chi connectivity index (χ1v) is 5.63. The largest absolute Gasteiger partial charge is 0.342 e. The minimum atomic E-state index is -2.04. The SMILES string of the molecule is CCN(C)C(=O)c1cccc(S(=O)O)c1. The number of nitrogens with zero attached hydrogens (tertiary/aromatic N) is 1. The van der Waals surface area contributed by atoms with Crippen LogP contribution in [0.3, 0.4) is 0 Å². The number of rotatable bonds is 3. The molecule has 0 aromatic heterocycles. The minimum Gasteiger partial charge on any atom is -0.342 e. The molecule has 0 fully saturated rings. The number of carbonyl (C=O) groups excluding carboxylic acids is 1. The summed E-state index contributed by atoms with van der Waals surface area (Å²) in [6.45, 7) is 2.47. The van der Waals surface area contributed by atoms with E-state index in [9.17, 15) is 9.00 Å². The van der Waals surface area contributed by atoms with Crippen molar-refractivity contribution in [3.63, 3.8) is 0 Å². The molecule has 0 spiro atoms. The number of hydrogen-bond donors (Lipinski definition) is 1. The summed E-state index contributed by atoms with van der Waals surface area (Å²) < 4.78 is 19.7. The second-order valence-corrected chi connectivity index (χ2v) is 4.07. The van der Waals surface area contributed by atoms with Crippen molar-refractivity contribution in [2.45, 2.75) is 11.8 Å². The van der Waals surface area contributed by atoms with Gasteiger partial charge in [0.15, 0.2) is 11.1 Å². The van der Waals surface area contributed by atoms with E-state index in [0.717, 1.165) is 0 Å². The van der Waals surface area contributed by atoms with Gasteiger partial charge in [-0.05, 0) is 25.1 Å². The van der Waals surface area contributed by atoms with E-state index in [0.29, 0.717) is 12.1 Å². The first kappa shape index (κ1) is 11.9. The Hall–Kier alpha value is -1.20. The van der Waals surface area contributed by atoms with Crippen LogP contribution in [0, 0.1) is 0 Å². The molecule has 15 heavy (non-hydrogen) atoms. The smallest absolute Gasteiger partial charge is 0.253 e. The molecular formula is C10H13NO3S. The molecule has 1 aromatic rings. The van der Waals surface area contributed by atoms with Crippen molar-refractivity contribution in [1.29, 1.82) is 0 Å². The predicted octanol–water partition coefficient (Wildman–Crippen LogP) is 1.36. The van der Waals surface area contributed by atoms with Gasteiger partial charge in [-0.25, -0.2) is 4.21 Å². The van der Waals surface area contributed by atoms with E-state index in [1.807, 2.05) is 6.92 Å². The van der Waals surface area contributed by atoms with Crippen molar-refractivity contribution in [3.8, 4) is 0 Å². The summed E-state index contributed by atoms with van der Waals surface area (Å²) >= 11 is -2.04. The molecule has 1 aromatic carbocycles. The highest BCUT2D eigenvalue weighted by atomic mass is 32.2. The second-order valence-electron chi connectivity index (χ2n) is 3.10. The molecule has 0 saturated carbocycles. The molecule has 82 valence electrons. The van der Waals surface area contributed by atoms with E-state index in [-0.39, 0.29) is 10.8 Å². The Bertz CT molecular complexity index is 392. The topological polar surface area (TPSA) is 57.6 Å². The summed E-state index contributed by atoms with van der Waals surface area (Å²) in [5.74, 6) is -0.148. The average Bonchev–Trinajstić information content (AvgIpc) is 2.27. The third-order valence-electron chi connectivity index (χ3n) is 2.10. The molecule has 0 aliphatic heterocycles. The Balaban J connectivity index is 3.00. The summed E-state index contributed by atoms with van der Waals surface area (Å²) in [6.07, 6.45) is 0. The molecule has 1 rings (SSSR count). The van der Waals surface area contributed by atoms with Gasteiger partial charge in [0.05, 0.1) is 4.90 Å². The summed E-state index contributed by atoms with van der Waals surface area (Å²) in [7, 11) is 1.69. The highest BCUT2D eigenvalue weighted by Gasteiger charge is 2.11. The lowest BCUT2D eigenvalue weighted by Crippen LogP contribution is -2.26. The van der Waals surface area contributed by atoms with Crippen molar-refractivity contribution in [2.75, 3.05) is 13.6 Å². The quantitative estimate of drug-likeness (QED) is 0.793. The van der Waals surface area contributed by atoms with Gasteiger partial charge in [-0.15, -0.1) is 0 Å². The molecule has 0 saturated heterocycles. The lowest BCUT2D eigenvalue weighted by atomic mass is 10.2. The van der Waals surface area contributed by atoms with Crippen LogP contribution in [0.4, 0.5) is 0 Å². The lowest BCUT2D eigenvalue weighted by Gasteiger charge is -2.14. The molecule has 0 bridgehead atoms. The molecule has 1 amide bonds. The van der Waals surface area contributed by atoms with E-state index in [4.69, 9.17) is 4.55 Å². The van der Waals surface area contributed by atoms with Gasteiger partial charge in [0.2, 0.25) is 0 Å². The van der Waals surface area contributed by atoms with E-state index in [1.54, 1.807) is 24.1 Å². The highest BCUT2D eigenvalue weighted by Crippen LogP contribution is 2.10. The second kappa shape index (κ2) is 5.04. The minimum absolute atomic E-state index is 0.148. The zero-order valence-corrected chi connectivity index (χ0v) is 9.45. The fourth-order valence-electron chi connectivity index (χ4n) is 1.10. The number of amides is 1. The Kier molecular flexibility index (Phi) is 3.99. The monoisotopic (exact) mass is 227 g/mol. The van der Waals surface area contributed by atoms with Gasteiger partial charge in [-0.3, -0.25) is 4.79 Å². The molecule has 1 N–H and O–H groups in total. The third-order valence-corrected chi connectivity index (χ3v) is 2.76. The van der Waals surface area contributed by atoms with Crippen LogP contribution in [0.15, 0.2) is 29.2 Å². The van der Waals surface area contributed by atoms with Gasteiger partial charge in [0, 0.05) is 19.2 Å². The van der Waals surface area contributed by atoms with E-state index >= 15 is 0 Å². The van der Waals surface area contributed by atoms with E-state index < -0.39 is 11.1 Å². The molecule has 0 aliphatic carbocycles. The highest BCUT2D eigenvalue weighted by molar-refractivity contribution is 7.79. The fraction of sp³-hybridized carbons (Fsp3) is 0.300. The molecule has 1 unspecified atom stereocenters. The van der Waals surface area contributed by atoms with Crippen LogP contribution in [0.5, 0.6) is 0 Å². The van der Waals surface area contributed by atoms with Crippen LogP contribution in [0.2, 0.25) is 0 Å². The zero-order chi connectivity index (χ0) is 11.4. The van der Waals surface area contributed by atoms with Gasteiger partial charge in [0.1, 0.15) is 0 Å². The van der Waals surface area contributed by atoms with Crippen LogP contribution < -0.4 is 0 Å². The molecule has 1 atom stereocenters. The molecular weight excluding hydrogens is 214 g/mol. The first-order valence-electron chi connectivity index (χ1n) is 4.52. The predicted molar refractivity (Wildman–Crippen MR) is 58.1 cm³/mol. The fourth-order valence-corrected chi connectivity index (χ4v) is 1.52. The van der Waals surface area contributed by atoms with Crippen molar-refractivity contribution >= 4 is 17.0 Å². The Labute approximate surface area is 91.2 Å².